The van der Waals surface area contributed by atoms with E-state index in [9.17, 15) is 5.11 Å². The molecule has 0 heterocycles. The molecule has 0 aromatic heterocycles. The molecule has 1 rings (SSSR count). The lowest BCUT2D eigenvalue weighted by Gasteiger charge is -2.34. The second kappa shape index (κ2) is 4.49. The van der Waals surface area contributed by atoms with E-state index in [4.69, 9.17) is 5.53 Å². The van der Waals surface area contributed by atoms with Crippen LogP contribution in [-0.4, -0.2) is 17.3 Å². The molecule has 0 aromatic rings. The van der Waals surface area contributed by atoms with Crippen LogP contribution in [0.5, 0.6) is 0 Å². The van der Waals surface area contributed by atoms with Crippen molar-refractivity contribution in [1.82, 2.24) is 0 Å². The van der Waals surface area contributed by atoms with E-state index < -0.39 is 5.60 Å². The quantitative estimate of drug-likeness (QED) is 0.408. The highest BCUT2D eigenvalue weighted by atomic mass is 16.3. The second-order valence-corrected chi connectivity index (χ2v) is 4.08. The van der Waals surface area contributed by atoms with Crippen LogP contribution in [0.1, 0.15) is 39.0 Å². The summed E-state index contributed by atoms with van der Waals surface area (Å²) in [6.45, 7) is 1.98. The summed E-state index contributed by atoms with van der Waals surface area (Å²) in [4.78, 5) is 2.68. The highest BCUT2D eigenvalue weighted by molar-refractivity contribution is 4.86. The predicted octanol–water partition coefficient (Wildman–Crippen LogP) is 2.63. The van der Waals surface area contributed by atoms with Crippen LogP contribution in [0.3, 0.4) is 0 Å². The molecular formula is C9H17N3O. The van der Waals surface area contributed by atoms with E-state index in [1.165, 1.54) is 19.3 Å². The van der Waals surface area contributed by atoms with Gasteiger partial charge in [0.2, 0.25) is 0 Å². The Hall–Kier alpha value is -0.730. The minimum absolute atomic E-state index is 0.203. The summed E-state index contributed by atoms with van der Waals surface area (Å²) in [6, 6.07) is 0. The highest BCUT2D eigenvalue weighted by Gasteiger charge is 2.31. The third-order valence-electron chi connectivity index (χ3n) is 2.94. The molecule has 1 atom stereocenters. The third kappa shape index (κ3) is 2.90. The van der Waals surface area contributed by atoms with Gasteiger partial charge in [0.25, 0.3) is 0 Å². The van der Waals surface area contributed by atoms with Crippen molar-refractivity contribution in [3.63, 3.8) is 0 Å². The normalized spacial score (nSPS) is 23.2. The molecule has 0 aromatic carbocycles. The molecule has 4 nitrogen and oxygen atoms in total. The van der Waals surface area contributed by atoms with Gasteiger partial charge in [-0.15, -0.1) is 0 Å². The Morgan fingerprint density at radius 1 is 1.46 bits per heavy atom. The lowest BCUT2D eigenvalue weighted by atomic mass is 9.78. The first kappa shape index (κ1) is 10.4. The molecule has 13 heavy (non-hydrogen) atoms. The standard InChI is InChI=1S/C9H17N3O/c1-9(13,7-11-12-10)8-5-3-2-4-6-8/h8,13H,2-7H2,1H3. The van der Waals surface area contributed by atoms with Crippen molar-refractivity contribution < 1.29 is 5.11 Å². The SMILES string of the molecule is CC(O)(CN=[N+]=[N-])C1CCCCC1. The van der Waals surface area contributed by atoms with Crippen LogP contribution >= 0.6 is 0 Å². The largest absolute Gasteiger partial charge is 0.390 e. The highest BCUT2D eigenvalue weighted by Crippen LogP contribution is 2.32. The second-order valence-electron chi connectivity index (χ2n) is 4.08. The number of rotatable bonds is 3. The van der Waals surface area contributed by atoms with Gasteiger partial charge < -0.3 is 5.11 Å². The minimum Gasteiger partial charge on any atom is -0.390 e. The average molecular weight is 183 g/mol. The van der Waals surface area contributed by atoms with Crippen molar-refractivity contribution >= 4 is 0 Å². The lowest BCUT2D eigenvalue weighted by Crippen LogP contribution is -2.38. The zero-order valence-corrected chi connectivity index (χ0v) is 8.11. The van der Waals surface area contributed by atoms with E-state index in [0.29, 0.717) is 5.92 Å². The van der Waals surface area contributed by atoms with Crippen LogP contribution in [0.4, 0.5) is 0 Å². The molecule has 0 bridgehead atoms. The molecule has 1 saturated carbocycles. The summed E-state index contributed by atoms with van der Waals surface area (Å²) < 4.78 is 0. The van der Waals surface area contributed by atoms with Gasteiger partial charge in [-0.3, -0.25) is 0 Å². The first-order valence-electron chi connectivity index (χ1n) is 4.90. The van der Waals surface area contributed by atoms with Gasteiger partial charge in [0.1, 0.15) is 0 Å². The summed E-state index contributed by atoms with van der Waals surface area (Å²) in [5.41, 5.74) is 7.38. The Labute approximate surface area is 78.6 Å². The number of nitrogens with zero attached hydrogens (tertiary/aromatic N) is 3. The van der Waals surface area contributed by atoms with Gasteiger partial charge in [-0.25, -0.2) is 0 Å². The van der Waals surface area contributed by atoms with E-state index in [0.717, 1.165) is 12.8 Å². The summed E-state index contributed by atoms with van der Waals surface area (Å²) in [6.07, 6.45) is 5.78. The van der Waals surface area contributed by atoms with E-state index in [1.807, 2.05) is 0 Å². The Morgan fingerprint density at radius 3 is 2.62 bits per heavy atom. The number of hydrogen-bond donors (Lipinski definition) is 1. The third-order valence-corrected chi connectivity index (χ3v) is 2.94. The number of aliphatic hydroxyl groups is 1. The van der Waals surface area contributed by atoms with E-state index in [1.54, 1.807) is 6.92 Å². The van der Waals surface area contributed by atoms with E-state index in [2.05, 4.69) is 10.0 Å². The molecule has 0 radical (unpaired) electrons. The van der Waals surface area contributed by atoms with Crippen molar-refractivity contribution in [3.05, 3.63) is 10.4 Å². The Bertz CT molecular complexity index is 203. The van der Waals surface area contributed by atoms with Crippen LogP contribution in [0.25, 0.3) is 10.4 Å². The molecule has 1 aliphatic carbocycles. The molecule has 1 N–H and O–H groups in total. The fourth-order valence-electron chi connectivity index (χ4n) is 2.03. The molecule has 1 unspecified atom stereocenters. The summed E-state index contributed by atoms with van der Waals surface area (Å²) in [5.74, 6) is 0.312. The molecule has 0 spiro atoms. The summed E-state index contributed by atoms with van der Waals surface area (Å²) >= 11 is 0. The van der Waals surface area contributed by atoms with Crippen LogP contribution in [-0.2, 0) is 0 Å². The molecule has 0 saturated heterocycles. The van der Waals surface area contributed by atoms with Crippen LogP contribution in [0, 0.1) is 5.92 Å². The molecular weight excluding hydrogens is 166 g/mol. The monoisotopic (exact) mass is 183 g/mol. The predicted molar refractivity (Wildman–Crippen MR) is 51.2 cm³/mol. The fourth-order valence-corrected chi connectivity index (χ4v) is 2.03. The molecule has 4 heteroatoms. The van der Waals surface area contributed by atoms with Crippen molar-refractivity contribution in [2.45, 2.75) is 44.6 Å². The summed E-state index contributed by atoms with van der Waals surface area (Å²) in [7, 11) is 0. The van der Waals surface area contributed by atoms with Gasteiger partial charge in [0.15, 0.2) is 0 Å². The fraction of sp³-hybridized carbons (Fsp3) is 1.00. The van der Waals surface area contributed by atoms with Gasteiger partial charge in [-0.05, 0) is 31.2 Å². The first-order valence-corrected chi connectivity index (χ1v) is 4.90. The number of hydrogen-bond acceptors (Lipinski definition) is 2. The average Bonchev–Trinajstić information content (AvgIpc) is 2.16. The summed E-state index contributed by atoms with van der Waals surface area (Å²) in [5, 5.41) is 13.5. The van der Waals surface area contributed by atoms with Gasteiger partial charge >= 0.3 is 0 Å². The van der Waals surface area contributed by atoms with Gasteiger partial charge in [-0.1, -0.05) is 24.4 Å². The smallest absolute Gasteiger partial charge is 0.0704 e. The lowest BCUT2D eigenvalue weighted by molar-refractivity contribution is -0.00796. The zero-order chi connectivity index (χ0) is 9.73. The zero-order valence-electron chi connectivity index (χ0n) is 8.11. The van der Waals surface area contributed by atoms with Crippen LogP contribution in [0.2, 0.25) is 0 Å². The minimum atomic E-state index is -0.799. The molecule has 0 amide bonds. The number of azide groups is 1. The Morgan fingerprint density at radius 2 is 2.08 bits per heavy atom. The molecule has 74 valence electrons. The van der Waals surface area contributed by atoms with Gasteiger partial charge in [-0.2, -0.15) is 0 Å². The Kier molecular flexibility index (Phi) is 3.58. The molecule has 1 aliphatic rings. The van der Waals surface area contributed by atoms with Gasteiger partial charge in [0, 0.05) is 4.91 Å². The molecule has 1 fully saturated rings. The van der Waals surface area contributed by atoms with Crippen LogP contribution < -0.4 is 0 Å². The topological polar surface area (TPSA) is 69.0 Å². The Balaban J connectivity index is 2.50. The van der Waals surface area contributed by atoms with Crippen molar-refractivity contribution in [2.24, 2.45) is 11.0 Å². The van der Waals surface area contributed by atoms with Crippen molar-refractivity contribution in [2.75, 3.05) is 6.54 Å². The van der Waals surface area contributed by atoms with Crippen molar-refractivity contribution in [3.8, 4) is 0 Å². The van der Waals surface area contributed by atoms with E-state index >= 15 is 0 Å². The van der Waals surface area contributed by atoms with Crippen molar-refractivity contribution in [1.29, 1.82) is 0 Å². The van der Waals surface area contributed by atoms with Gasteiger partial charge in [0.05, 0.1) is 12.1 Å². The maximum Gasteiger partial charge on any atom is 0.0704 e. The maximum atomic E-state index is 10.0. The first-order chi connectivity index (χ1) is 6.17. The van der Waals surface area contributed by atoms with E-state index in [-0.39, 0.29) is 6.54 Å². The molecule has 0 aliphatic heterocycles. The maximum absolute atomic E-state index is 10.0. The van der Waals surface area contributed by atoms with Crippen LogP contribution in [0.15, 0.2) is 5.11 Å².